The second kappa shape index (κ2) is 9.11. The number of amides is 2. The second-order valence-electron chi connectivity index (χ2n) is 7.97. The first-order chi connectivity index (χ1) is 12.7. The second-order valence-corrected chi connectivity index (χ2v) is 7.97. The molecule has 6 nitrogen and oxygen atoms in total. The Balaban J connectivity index is 1.99. The van der Waals surface area contributed by atoms with E-state index in [-0.39, 0.29) is 17.9 Å². The summed E-state index contributed by atoms with van der Waals surface area (Å²) in [5.41, 5.74) is 0.531. The Morgan fingerprint density at radius 1 is 1.22 bits per heavy atom. The molecule has 0 aliphatic carbocycles. The van der Waals surface area contributed by atoms with E-state index >= 15 is 0 Å². The Labute approximate surface area is 162 Å². The fourth-order valence-electron chi connectivity index (χ4n) is 3.23. The zero-order chi connectivity index (χ0) is 20.0. The number of carbonyl (C=O) groups excluding carboxylic acids is 2. The number of carbonyl (C=O) groups is 2. The van der Waals surface area contributed by atoms with Crippen molar-refractivity contribution in [3.8, 4) is 5.75 Å². The molecule has 150 valence electrons. The van der Waals surface area contributed by atoms with Gasteiger partial charge in [0, 0.05) is 26.2 Å². The fourth-order valence-corrected chi connectivity index (χ4v) is 3.23. The molecule has 0 radical (unpaired) electrons. The van der Waals surface area contributed by atoms with Crippen LogP contribution in [-0.4, -0.2) is 54.1 Å². The molecule has 2 rings (SSSR count). The summed E-state index contributed by atoms with van der Waals surface area (Å²) >= 11 is 0. The number of piperidine rings is 1. The lowest BCUT2D eigenvalue weighted by molar-refractivity contribution is -0.137. The van der Waals surface area contributed by atoms with Crippen molar-refractivity contribution in [2.45, 2.75) is 52.7 Å². The molecule has 2 amide bonds. The molecule has 1 aromatic carbocycles. The van der Waals surface area contributed by atoms with Gasteiger partial charge >= 0.3 is 6.09 Å². The third-order valence-electron chi connectivity index (χ3n) is 4.65. The monoisotopic (exact) mass is 376 g/mol. The quantitative estimate of drug-likeness (QED) is 0.786. The molecule has 1 aromatic rings. The van der Waals surface area contributed by atoms with Crippen molar-refractivity contribution in [1.82, 2.24) is 9.80 Å². The van der Waals surface area contributed by atoms with E-state index in [1.54, 1.807) is 12.0 Å². The summed E-state index contributed by atoms with van der Waals surface area (Å²) in [4.78, 5) is 28.9. The molecule has 0 saturated carbocycles. The molecule has 0 N–H and O–H groups in total. The van der Waals surface area contributed by atoms with Gasteiger partial charge in [-0.15, -0.1) is 0 Å². The van der Waals surface area contributed by atoms with Crippen LogP contribution in [0.3, 0.4) is 0 Å². The summed E-state index contributed by atoms with van der Waals surface area (Å²) in [5, 5.41) is 0. The molecule has 27 heavy (non-hydrogen) atoms. The Hall–Kier alpha value is -2.24. The maximum atomic E-state index is 13.0. The van der Waals surface area contributed by atoms with E-state index in [9.17, 15) is 9.59 Å². The molecular weight excluding hydrogens is 344 g/mol. The first-order valence-corrected chi connectivity index (χ1v) is 9.63. The van der Waals surface area contributed by atoms with Gasteiger partial charge in [-0.3, -0.25) is 4.79 Å². The van der Waals surface area contributed by atoms with E-state index in [1.807, 2.05) is 56.9 Å². The number of hydrogen-bond acceptors (Lipinski definition) is 4. The van der Waals surface area contributed by atoms with Crippen LogP contribution in [0.25, 0.3) is 0 Å². The summed E-state index contributed by atoms with van der Waals surface area (Å²) in [7, 11) is 1.64. The van der Waals surface area contributed by atoms with Crippen molar-refractivity contribution in [3.63, 3.8) is 0 Å². The lowest BCUT2D eigenvalue weighted by Gasteiger charge is -2.35. The van der Waals surface area contributed by atoms with Gasteiger partial charge in [0.2, 0.25) is 5.91 Å². The lowest BCUT2D eigenvalue weighted by atomic mass is 9.96. The Morgan fingerprint density at radius 3 is 2.44 bits per heavy atom. The largest absolute Gasteiger partial charge is 0.497 e. The molecule has 1 aliphatic rings. The molecule has 1 heterocycles. The topological polar surface area (TPSA) is 59.1 Å². The fraction of sp³-hybridized carbons (Fsp3) is 0.619. The number of ether oxygens (including phenoxy) is 2. The normalized spacial score (nSPS) is 17.4. The van der Waals surface area contributed by atoms with Gasteiger partial charge in [0.1, 0.15) is 11.4 Å². The molecular formula is C21H32N2O4. The van der Waals surface area contributed by atoms with Gasteiger partial charge in [-0.2, -0.15) is 0 Å². The van der Waals surface area contributed by atoms with Crippen molar-refractivity contribution in [3.05, 3.63) is 29.8 Å². The van der Waals surface area contributed by atoms with Crippen LogP contribution in [0.4, 0.5) is 4.79 Å². The van der Waals surface area contributed by atoms with E-state index in [0.29, 0.717) is 26.2 Å². The van der Waals surface area contributed by atoms with Crippen LogP contribution in [-0.2, 0) is 16.1 Å². The minimum atomic E-state index is -0.530. The van der Waals surface area contributed by atoms with E-state index in [4.69, 9.17) is 9.47 Å². The van der Waals surface area contributed by atoms with Crippen molar-refractivity contribution in [2.75, 3.05) is 26.7 Å². The van der Waals surface area contributed by atoms with Crippen LogP contribution in [0.5, 0.6) is 5.75 Å². The number of nitrogens with zero attached hydrogens (tertiary/aromatic N) is 2. The molecule has 0 aromatic heterocycles. The van der Waals surface area contributed by atoms with Gasteiger partial charge in [0.05, 0.1) is 13.0 Å². The van der Waals surface area contributed by atoms with Crippen LogP contribution >= 0.6 is 0 Å². The zero-order valence-electron chi connectivity index (χ0n) is 17.2. The predicted molar refractivity (Wildman–Crippen MR) is 105 cm³/mol. The molecule has 6 heteroatoms. The van der Waals surface area contributed by atoms with Crippen molar-refractivity contribution in [2.24, 2.45) is 5.92 Å². The third-order valence-corrected chi connectivity index (χ3v) is 4.65. The molecule has 1 aliphatic heterocycles. The van der Waals surface area contributed by atoms with Crippen LogP contribution in [0.15, 0.2) is 24.3 Å². The third kappa shape index (κ3) is 6.15. The van der Waals surface area contributed by atoms with Crippen LogP contribution < -0.4 is 4.74 Å². The van der Waals surface area contributed by atoms with Crippen molar-refractivity contribution in [1.29, 1.82) is 0 Å². The molecule has 1 saturated heterocycles. The van der Waals surface area contributed by atoms with Gasteiger partial charge in [-0.1, -0.05) is 12.1 Å². The highest BCUT2D eigenvalue weighted by Crippen LogP contribution is 2.22. The maximum absolute atomic E-state index is 13.0. The number of rotatable bonds is 5. The van der Waals surface area contributed by atoms with Crippen LogP contribution in [0.2, 0.25) is 0 Å². The van der Waals surface area contributed by atoms with Crippen LogP contribution in [0.1, 0.15) is 46.1 Å². The first kappa shape index (κ1) is 21.1. The standard InChI is InChI=1S/C21H32N2O4/c1-6-22(14-16-9-11-18(26-5)12-10-16)19(24)17-8-7-13-23(15-17)20(25)27-21(2,3)4/h9-12,17H,6-8,13-15H2,1-5H3. The van der Waals surface area contributed by atoms with E-state index in [1.165, 1.54) is 0 Å². The average molecular weight is 376 g/mol. The summed E-state index contributed by atoms with van der Waals surface area (Å²) in [6, 6.07) is 7.75. The minimum absolute atomic E-state index is 0.0987. The van der Waals surface area contributed by atoms with Crippen molar-refractivity contribution < 1.29 is 19.1 Å². The summed E-state index contributed by atoms with van der Waals surface area (Å²) < 4.78 is 10.6. The molecule has 0 bridgehead atoms. The zero-order valence-corrected chi connectivity index (χ0v) is 17.2. The van der Waals surface area contributed by atoms with E-state index < -0.39 is 5.60 Å². The maximum Gasteiger partial charge on any atom is 0.410 e. The van der Waals surface area contributed by atoms with Gasteiger partial charge < -0.3 is 19.3 Å². The molecule has 1 unspecified atom stereocenters. The highest BCUT2D eigenvalue weighted by Gasteiger charge is 2.32. The molecule has 1 fully saturated rings. The van der Waals surface area contributed by atoms with Gasteiger partial charge in [0.25, 0.3) is 0 Å². The predicted octanol–water partition coefficient (Wildman–Crippen LogP) is 3.69. The van der Waals surface area contributed by atoms with Crippen molar-refractivity contribution >= 4 is 12.0 Å². The lowest BCUT2D eigenvalue weighted by Crippen LogP contribution is -2.47. The first-order valence-electron chi connectivity index (χ1n) is 9.63. The van der Waals surface area contributed by atoms with Gasteiger partial charge in [-0.05, 0) is 58.2 Å². The molecule has 0 spiro atoms. The summed E-state index contributed by atoms with van der Waals surface area (Å²) in [6.07, 6.45) is 1.28. The number of hydrogen-bond donors (Lipinski definition) is 0. The highest BCUT2D eigenvalue weighted by atomic mass is 16.6. The Kier molecular flexibility index (Phi) is 7.11. The Morgan fingerprint density at radius 2 is 1.89 bits per heavy atom. The minimum Gasteiger partial charge on any atom is -0.497 e. The van der Waals surface area contributed by atoms with E-state index in [2.05, 4.69) is 0 Å². The smallest absolute Gasteiger partial charge is 0.410 e. The average Bonchev–Trinajstić information content (AvgIpc) is 2.64. The van der Waals surface area contributed by atoms with Crippen LogP contribution in [0, 0.1) is 5.92 Å². The SMILES string of the molecule is CCN(Cc1ccc(OC)cc1)C(=O)C1CCCN(C(=O)OC(C)(C)C)C1. The Bertz CT molecular complexity index is 637. The highest BCUT2D eigenvalue weighted by molar-refractivity contribution is 5.80. The number of benzene rings is 1. The number of methoxy groups -OCH3 is 1. The molecule has 1 atom stereocenters. The summed E-state index contributed by atoms with van der Waals surface area (Å²) in [6.45, 7) is 9.80. The van der Waals surface area contributed by atoms with Gasteiger partial charge in [-0.25, -0.2) is 4.79 Å². The van der Waals surface area contributed by atoms with Gasteiger partial charge in [0.15, 0.2) is 0 Å². The summed E-state index contributed by atoms with van der Waals surface area (Å²) in [5.74, 6) is 0.722. The number of likely N-dealkylation sites (tertiary alicyclic amines) is 1. The van der Waals surface area contributed by atoms with E-state index in [0.717, 1.165) is 24.2 Å².